The van der Waals surface area contributed by atoms with Crippen LogP contribution < -0.4 is 5.32 Å². The molecule has 1 rings (SSSR count). The van der Waals surface area contributed by atoms with Gasteiger partial charge in [-0.05, 0) is 26.2 Å². The molecule has 0 aliphatic carbocycles. The number of ether oxygens (including phenoxy) is 1. The van der Waals surface area contributed by atoms with E-state index in [4.69, 9.17) is 4.74 Å². The summed E-state index contributed by atoms with van der Waals surface area (Å²) in [6.07, 6.45) is -0.394. The maximum Gasteiger partial charge on any atom is 0.0838 e. The molecule has 0 radical (unpaired) electrons. The van der Waals surface area contributed by atoms with Crippen molar-refractivity contribution < 1.29 is 9.84 Å². The number of hydrogen-bond acceptors (Lipinski definition) is 4. The van der Waals surface area contributed by atoms with Crippen molar-refractivity contribution in [2.75, 3.05) is 39.6 Å². The Labute approximate surface area is 117 Å². The summed E-state index contributed by atoms with van der Waals surface area (Å²) in [6, 6.07) is 5.93. The van der Waals surface area contributed by atoms with E-state index in [0.29, 0.717) is 19.7 Å². The van der Waals surface area contributed by atoms with Crippen molar-refractivity contribution in [3.63, 3.8) is 0 Å². The van der Waals surface area contributed by atoms with Gasteiger partial charge in [0.05, 0.1) is 12.7 Å². The van der Waals surface area contributed by atoms with Crippen LogP contribution in [0, 0.1) is 0 Å². The van der Waals surface area contributed by atoms with E-state index >= 15 is 0 Å². The highest BCUT2D eigenvalue weighted by atomic mass is 79.9. The highest BCUT2D eigenvalue weighted by Gasteiger charge is 2.09. The first-order valence-electron chi connectivity index (χ1n) is 5.87. The third kappa shape index (κ3) is 4.94. The molecule has 1 aromatic carbocycles. The lowest BCUT2D eigenvalue weighted by molar-refractivity contribution is 0.148. The standard InChI is InChI=1S/C13H21BrN2O2/c1-16(2)8-10(17)7-15-13-6-4-5-12(14)11(13)9-18-3/h4-6,10,15,17H,7-9H2,1-3H3. The highest BCUT2D eigenvalue weighted by molar-refractivity contribution is 9.10. The summed E-state index contributed by atoms with van der Waals surface area (Å²) in [5.74, 6) is 0. The molecule has 0 saturated heterocycles. The van der Waals surface area contributed by atoms with Gasteiger partial charge in [-0.3, -0.25) is 0 Å². The molecule has 102 valence electrons. The summed E-state index contributed by atoms with van der Waals surface area (Å²) in [7, 11) is 5.56. The fourth-order valence-electron chi connectivity index (χ4n) is 1.73. The van der Waals surface area contributed by atoms with Gasteiger partial charge in [0.1, 0.15) is 0 Å². The summed E-state index contributed by atoms with van der Waals surface area (Å²) in [5.41, 5.74) is 2.06. The van der Waals surface area contributed by atoms with Gasteiger partial charge in [0.25, 0.3) is 0 Å². The van der Waals surface area contributed by atoms with E-state index in [1.165, 1.54) is 0 Å². The number of aliphatic hydroxyl groups excluding tert-OH is 1. The predicted molar refractivity (Wildman–Crippen MR) is 77.9 cm³/mol. The second kappa shape index (κ2) is 7.74. The molecule has 1 unspecified atom stereocenters. The second-order valence-corrected chi connectivity index (χ2v) is 5.35. The third-order valence-corrected chi connectivity index (χ3v) is 3.25. The van der Waals surface area contributed by atoms with Gasteiger partial charge < -0.3 is 20.1 Å². The molecule has 5 heteroatoms. The largest absolute Gasteiger partial charge is 0.390 e. The molecule has 18 heavy (non-hydrogen) atoms. The zero-order valence-electron chi connectivity index (χ0n) is 11.1. The SMILES string of the molecule is COCc1c(Br)cccc1NCC(O)CN(C)C. The van der Waals surface area contributed by atoms with E-state index in [9.17, 15) is 5.11 Å². The van der Waals surface area contributed by atoms with E-state index in [1.54, 1.807) is 7.11 Å². The molecule has 4 nitrogen and oxygen atoms in total. The Morgan fingerprint density at radius 2 is 2.17 bits per heavy atom. The van der Waals surface area contributed by atoms with Gasteiger partial charge in [0, 0.05) is 35.9 Å². The maximum atomic E-state index is 9.82. The van der Waals surface area contributed by atoms with Crippen molar-refractivity contribution in [3.05, 3.63) is 28.2 Å². The van der Waals surface area contributed by atoms with Gasteiger partial charge in [-0.15, -0.1) is 0 Å². The molecule has 0 bridgehead atoms. The average Bonchev–Trinajstić information content (AvgIpc) is 2.29. The van der Waals surface area contributed by atoms with Crippen LogP contribution in [0.5, 0.6) is 0 Å². The summed E-state index contributed by atoms with van der Waals surface area (Å²) >= 11 is 3.50. The third-order valence-electron chi connectivity index (χ3n) is 2.51. The highest BCUT2D eigenvalue weighted by Crippen LogP contribution is 2.25. The Bertz CT molecular complexity index is 372. The van der Waals surface area contributed by atoms with Gasteiger partial charge >= 0.3 is 0 Å². The van der Waals surface area contributed by atoms with E-state index in [-0.39, 0.29) is 0 Å². The summed E-state index contributed by atoms with van der Waals surface area (Å²) in [5, 5.41) is 13.1. The lowest BCUT2D eigenvalue weighted by Gasteiger charge is -2.19. The van der Waals surface area contributed by atoms with Crippen LogP contribution in [-0.2, 0) is 11.3 Å². The summed E-state index contributed by atoms with van der Waals surface area (Å²) in [4.78, 5) is 1.96. The van der Waals surface area contributed by atoms with Crippen LogP contribution >= 0.6 is 15.9 Å². The Morgan fingerprint density at radius 1 is 1.44 bits per heavy atom. The fourth-order valence-corrected chi connectivity index (χ4v) is 2.21. The van der Waals surface area contributed by atoms with Crippen molar-refractivity contribution in [3.8, 4) is 0 Å². The van der Waals surface area contributed by atoms with Crippen molar-refractivity contribution in [2.45, 2.75) is 12.7 Å². The lowest BCUT2D eigenvalue weighted by atomic mass is 10.2. The maximum absolute atomic E-state index is 9.82. The van der Waals surface area contributed by atoms with Crippen LogP contribution in [0.25, 0.3) is 0 Å². The van der Waals surface area contributed by atoms with Crippen LogP contribution in [0.3, 0.4) is 0 Å². The van der Waals surface area contributed by atoms with Crippen LogP contribution in [-0.4, -0.2) is 50.4 Å². The molecule has 0 heterocycles. The Hall–Kier alpha value is -0.620. The lowest BCUT2D eigenvalue weighted by Crippen LogP contribution is -2.31. The molecule has 0 amide bonds. The van der Waals surface area contributed by atoms with Gasteiger partial charge in [0.2, 0.25) is 0 Å². The molecule has 0 spiro atoms. The van der Waals surface area contributed by atoms with Gasteiger partial charge in [-0.2, -0.15) is 0 Å². The van der Waals surface area contributed by atoms with E-state index in [0.717, 1.165) is 15.7 Å². The number of nitrogens with zero attached hydrogens (tertiary/aromatic N) is 1. The summed E-state index contributed by atoms with van der Waals surface area (Å²) in [6.45, 7) is 1.69. The van der Waals surface area contributed by atoms with E-state index < -0.39 is 6.10 Å². The number of nitrogens with one attached hydrogen (secondary N) is 1. The number of rotatable bonds is 7. The number of halogens is 1. The summed E-state index contributed by atoms with van der Waals surface area (Å²) < 4.78 is 6.19. The van der Waals surface area contributed by atoms with Gasteiger partial charge in [-0.1, -0.05) is 22.0 Å². The monoisotopic (exact) mass is 316 g/mol. The Kier molecular flexibility index (Phi) is 6.63. The van der Waals surface area contributed by atoms with Crippen molar-refractivity contribution in [1.82, 2.24) is 4.90 Å². The number of anilines is 1. The number of aliphatic hydroxyl groups is 1. The molecule has 2 N–H and O–H groups in total. The minimum atomic E-state index is -0.394. The number of hydrogen-bond donors (Lipinski definition) is 2. The molecule has 0 fully saturated rings. The molecule has 1 atom stereocenters. The Morgan fingerprint density at radius 3 is 2.78 bits per heavy atom. The number of benzene rings is 1. The van der Waals surface area contributed by atoms with Crippen molar-refractivity contribution in [1.29, 1.82) is 0 Å². The van der Waals surface area contributed by atoms with Crippen LogP contribution in [0.15, 0.2) is 22.7 Å². The zero-order valence-corrected chi connectivity index (χ0v) is 12.7. The van der Waals surface area contributed by atoms with E-state index in [1.807, 2.05) is 37.2 Å². The molecule has 0 aromatic heterocycles. The second-order valence-electron chi connectivity index (χ2n) is 4.50. The smallest absolute Gasteiger partial charge is 0.0838 e. The first-order valence-corrected chi connectivity index (χ1v) is 6.67. The molecule has 0 aliphatic rings. The van der Waals surface area contributed by atoms with Crippen LogP contribution in [0.4, 0.5) is 5.69 Å². The van der Waals surface area contributed by atoms with Gasteiger partial charge in [-0.25, -0.2) is 0 Å². The number of likely N-dealkylation sites (N-methyl/N-ethyl adjacent to an activating group) is 1. The zero-order chi connectivity index (χ0) is 13.5. The molecule has 0 aliphatic heterocycles. The fraction of sp³-hybridized carbons (Fsp3) is 0.538. The molecule has 1 aromatic rings. The molecular formula is C13H21BrN2O2. The molecule has 0 saturated carbocycles. The van der Waals surface area contributed by atoms with Crippen LogP contribution in [0.1, 0.15) is 5.56 Å². The minimum absolute atomic E-state index is 0.394. The average molecular weight is 317 g/mol. The van der Waals surface area contributed by atoms with Crippen molar-refractivity contribution >= 4 is 21.6 Å². The topological polar surface area (TPSA) is 44.7 Å². The van der Waals surface area contributed by atoms with Gasteiger partial charge in [0.15, 0.2) is 0 Å². The first kappa shape index (κ1) is 15.4. The quantitative estimate of drug-likeness (QED) is 0.807. The van der Waals surface area contributed by atoms with Crippen LogP contribution in [0.2, 0.25) is 0 Å². The Balaban J connectivity index is 2.63. The molecular weight excluding hydrogens is 296 g/mol. The van der Waals surface area contributed by atoms with Crippen molar-refractivity contribution in [2.24, 2.45) is 0 Å². The van der Waals surface area contributed by atoms with E-state index in [2.05, 4.69) is 21.2 Å². The normalized spacial score (nSPS) is 12.8. The first-order chi connectivity index (χ1) is 8.54. The number of methoxy groups -OCH3 is 1. The predicted octanol–water partition coefficient (Wildman–Crippen LogP) is 1.93. The minimum Gasteiger partial charge on any atom is -0.390 e.